The molecule has 0 aliphatic carbocycles. The van der Waals surface area contributed by atoms with Gasteiger partial charge in [0.05, 0.1) is 7.11 Å². The summed E-state index contributed by atoms with van der Waals surface area (Å²) in [7, 11) is 1.65. The van der Waals surface area contributed by atoms with Crippen LogP contribution in [0.3, 0.4) is 0 Å². The summed E-state index contributed by atoms with van der Waals surface area (Å²) >= 11 is 5.66. The Morgan fingerprint density at radius 2 is 2.05 bits per heavy atom. The van der Waals surface area contributed by atoms with Gasteiger partial charge in [-0.15, -0.1) is 0 Å². The van der Waals surface area contributed by atoms with Crippen molar-refractivity contribution >= 4 is 11.6 Å². The average molecular weight is 298 g/mol. The summed E-state index contributed by atoms with van der Waals surface area (Å²) in [5.74, 6) is 1.60. The van der Waals surface area contributed by atoms with Gasteiger partial charge in [0, 0.05) is 29.2 Å². The Morgan fingerprint density at radius 3 is 2.60 bits per heavy atom. The predicted octanol–water partition coefficient (Wildman–Crippen LogP) is 4.10. The Kier molecular flexibility index (Phi) is 6.37. The molecule has 0 heterocycles. The zero-order chi connectivity index (χ0) is 15.2. The fraction of sp³-hybridized carbons (Fsp3) is 0.500. The van der Waals surface area contributed by atoms with E-state index < -0.39 is 0 Å². The predicted molar refractivity (Wildman–Crippen MR) is 84.7 cm³/mol. The average Bonchev–Trinajstić information content (AvgIpc) is 2.41. The summed E-state index contributed by atoms with van der Waals surface area (Å²) in [6.07, 6.45) is 0. The molecule has 0 radical (unpaired) electrons. The van der Waals surface area contributed by atoms with Gasteiger partial charge in [-0.1, -0.05) is 17.7 Å². The monoisotopic (exact) mass is 297 g/mol. The van der Waals surface area contributed by atoms with Crippen LogP contribution in [0.25, 0.3) is 0 Å². The Hall–Kier alpha value is -1.19. The second-order valence-corrected chi connectivity index (χ2v) is 6.04. The molecule has 112 valence electrons. The fourth-order valence-corrected chi connectivity index (χ4v) is 1.59. The van der Waals surface area contributed by atoms with Gasteiger partial charge >= 0.3 is 0 Å². The molecule has 1 N–H and O–H groups in total. The van der Waals surface area contributed by atoms with Crippen molar-refractivity contribution < 1.29 is 9.47 Å². The quantitative estimate of drug-likeness (QED) is 0.857. The number of nitrogens with one attached hydrogen (secondary N) is 1. The van der Waals surface area contributed by atoms with Crippen LogP contribution in [0.1, 0.15) is 33.3 Å². The van der Waals surface area contributed by atoms with Crippen LogP contribution in [0.15, 0.2) is 29.3 Å². The van der Waals surface area contributed by atoms with Crippen LogP contribution in [0, 0.1) is 0 Å². The molecule has 0 fully saturated rings. The molecular weight excluding hydrogens is 274 g/mol. The molecule has 0 aromatic heterocycles. The van der Waals surface area contributed by atoms with E-state index in [2.05, 4.69) is 26.1 Å². The molecule has 1 rings (SSSR count). The van der Waals surface area contributed by atoms with E-state index in [1.165, 1.54) is 5.54 Å². The Bertz CT molecular complexity index is 464. The van der Waals surface area contributed by atoms with E-state index in [0.29, 0.717) is 6.61 Å². The molecule has 0 atom stereocenters. The van der Waals surface area contributed by atoms with Gasteiger partial charge < -0.3 is 14.8 Å². The number of benzene rings is 1. The van der Waals surface area contributed by atoms with Crippen molar-refractivity contribution in [2.75, 3.05) is 13.7 Å². The summed E-state index contributed by atoms with van der Waals surface area (Å²) < 4.78 is 11.1. The van der Waals surface area contributed by atoms with Gasteiger partial charge in [0.1, 0.15) is 18.1 Å². The lowest BCUT2D eigenvalue weighted by Gasteiger charge is -2.22. The van der Waals surface area contributed by atoms with Gasteiger partial charge in [0.2, 0.25) is 0 Å². The largest absolute Gasteiger partial charge is 0.497 e. The Balaban J connectivity index is 2.86. The molecule has 3 nitrogen and oxygen atoms in total. The molecule has 1 aromatic rings. The van der Waals surface area contributed by atoms with Crippen LogP contribution in [0.2, 0.25) is 0 Å². The van der Waals surface area contributed by atoms with Crippen LogP contribution in [0.5, 0.6) is 11.5 Å². The highest BCUT2D eigenvalue weighted by Gasteiger charge is 2.12. The fourth-order valence-electron chi connectivity index (χ4n) is 1.53. The van der Waals surface area contributed by atoms with Gasteiger partial charge in [0.15, 0.2) is 0 Å². The maximum absolute atomic E-state index is 5.82. The molecule has 1 aromatic carbocycles. The molecule has 0 unspecified atom stereocenters. The summed E-state index contributed by atoms with van der Waals surface area (Å²) in [4.78, 5) is 0. The van der Waals surface area contributed by atoms with Crippen LogP contribution in [-0.2, 0) is 6.54 Å². The number of halogens is 1. The van der Waals surface area contributed by atoms with E-state index in [1.807, 2.05) is 25.1 Å². The highest BCUT2D eigenvalue weighted by molar-refractivity contribution is 6.25. The summed E-state index contributed by atoms with van der Waals surface area (Å²) in [5.41, 5.74) is 3.67. The first-order valence-corrected chi connectivity index (χ1v) is 7.10. The van der Waals surface area contributed by atoms with Gasteiger partial charge in [-0.25, -0.2) is 0 Å². The summed E-state index contributed by atoms with van der Waals surface area (Å²) in [6.45, 7) is 9.55. The van der Waals surface area contributed by atoms with E-state index in [0.717, 1.165) is 29.2 Å². The highest BCUT2D eigenvalue weighted by Crippen LogP contribution is 2.25. The van der Waals surface area contributed by atoms with Crippen molar-refractivity contribution in [3.63, 3.8) is 0 Å². The standard InChI is InChI=1S/C16H24ClNO2/c1-12(9-17)11-20-15-8-14(19-5)7-6-13(15)10-18-16(2,3)4/h6-9,18H,10-11H2,1-5H3/b12-9+. The van der Waals surface area contributed by atoms with Crippen molar-refractivity contribution in [2.24, 2.45) is 0 Å². The third-order valence-electron chi connectivity index (χ3n) is 2.73. The van der Waals surface area contributed by atoms with Crippen molar-refractivity contribution in [1.82, 2.24) is 5.32 Å². The van der Waals surface area contributed by atoms with Gasteiger partial charge in [-0.2, -0.15) is 0 Å². The van der Waals surface area contributed by atoms with Gasteiger partial charge in [-0.3, -0.25) is 0 Å². The third kappa shape index (κ3) is 5.85. The van der Waals surface area contributed by atoms with Crippen LogP contribution in [-0.4, -0.2) is 19.3 Å². The van der Waals surface area contributed by atoms with Crippen molar-refractivity contribution in [3.05, 3.63) is 34.9 Å². The molecule has 20 heavy (non-hydrogen) atoms. The van der Waals surface area contributed by atoms with Gasteiger partial charge in [0.25, 0.3) is 0 Å². The molecule has 0 bridgehead atoms. The van der Waals surface area contributed by atoms with Crippen molar-refractivity contribution in [2.45, 2.75) is 39.8 Å². The number of hydrogen-bond acceptors (Lipinski definition) is 3. The lowest BCUT2D eigenvalue weighted by molar-refractivity contribution is 0.338. The molecule has 0 saturated heterocycles. The first kappa shape index (κ1) is 16.9. The summed E-state index contributed by atoms with van der Waals surface area (Å²) in [5, 5.41) is 3.46. The topological polar surface area (TPSA) is 30.5 Å². The van der Waals surface area contributed by atoms with E-state index in [4.69, 9.17) is 21.1 Å². The molecule has 0 amide bonds. The maximum atomic E-state index is 5.82. The van der Waals surface area contributed by atoms with Crippen LogP contribution >= 0.6 is 11.6 Å². The third-order valence-corrected chi connectivity index (χ3v) is 3.10. The SMILES string of the molecule is COc1ccc(CNC(C)(C)C)c(OC/C(C)=C/Cl)c1. The second kappa shape index (κ2) is 7.55. The molecule has 4 heteroatoms. The first-order chi connectivity index (χ1) is 9.35. The highest BCUT2D eigenvalue weighted by atomic mass is 35.5. The first-order valence-electron chi connectivity index (χ1n) is 6.66. The van der Waals surface area contributed by atoms with E-state index in [9.17, 15) is 0 Å². The number of hydrogen-bond donors (Lipinski definition) is 1. The normalized spacial score (nSPS) is 12.4. The molecule has 0 aliphatic heterocycles. The molecule has 0 saturated carbocycles. The van der Waals surface area contributed by atoms with Crippen LogP contribution in [0.4, 0.5) is 0 Å². The molecule has 0 aliphatic rings. The van der Waals surface area contributed by atoms with Gasteiger partial charge in [-0.05, 0) is 39.3 Å². The molecule has 0 spiro atoms. The minimum Gasteiger partial charge on any atom is -0.497 e. The lowest BCUT2D eigenvalue weighted by atomic mass is 10.1. The Labute approximate surface area is 126 Å². The van der Waals surface area contributed by atoms with E-state index in [-0.39, 0.29) is 5.54 Å². The number of methoxy groups -OCH3 is 1. The minimum atomic E-state index is 0.0587. The number of rotatable bonds is 6. The lowest BCUT2D eigenvalue weighted by Crippen LogP contribution is -2.35. The zero-order valence-corrected chi connectivity index (χ0v) is 13.7. The van der Waals surface area contributed by atoms with E-state index in [1.54, 1.807) is 7.11 Å². The second-order valence-electron chi connectivity index (χ2n) is 5.82. The maximum Gasteiger partial charge on any atom is 0.127 e. The van der Waals surface area contributed by atoms with Crippen molar-refractivity contribution in [3.8, 4) is 11.5 Å². The Morgan fingerprint density at radius 1 is 1.35 bits per heavy atom. The zero-order valence-electron chi connectivity index (χ0n) is 12.9. The molecular formula is C16H24ClNO2. The van der Waals surface area contributed by atoms with Crippen molar-refractivity contribution in [1.29, 1.82) is 0 Å². The smallest absolute Gasteiger partial charge is 0.127 e. The van der Waals surface area contributed by atoms with Crippen LogP contribution < -0.4 is 14.8 Å². The summed E-state index contributed by atoms with van der Waals surface area (Å²) in [6, 6.07) is 5.87. The minimum absolute atomic E-state index is 0.0587. The number of ether oxygens (including phenoxy) is 2. The van der Waals surface area contributed by atoms with E-state index >= 15 is 0 Å².